The van der Waals surface area contributed by atoms with E-state index >= 15 is 0 Å². The zero-order chi connectivity index (χ0) is 19.1. The molecule has 1 aromatic rings. The number of piperazine rings is 1. The Bertz CT molecular complexity index is 716. The average molecular weight is 384 g/mol. The summed E-state index contributed by atoms with van der Waals surface area (Å²) in [6.45, 7) is 13.7. The summed E-state index contributed by atoms with van der Waals surface area (Å²) in [6, 6.07) is 0.469. The third kappa shape index (κ3) is 3.83. The molecule has 1 aromatic heterocycles. The van der Waals surface area contributed by atoms with Crippen molar-refractivity contribution in [2.24, 2.45) is 5.92 Å². The molecule has 2 atom stereocenters. The van der Waals surface area contributed by atoms with Gasteiger partial charge in [-0.05, 0) is 19.4 Å². The van der Waals surface area contributed by atoms with E-state index in [2.05, 4.69) is 33.7 Å². The van der Waals surface area contributed by atoms with E-state index in [9.17, 15) is 8.42 Å². The van der Waals surface area contributed by atoms with Gasteiger partial charge in [0.15, 0.2) is 5.03 Å². The SMILES string of the molecule is CC1CN(S(=O)(=O)c2nc[nH]c2C(C)(C)C)CCC1N1CCN(C)CC1. The molecule has 148 valence electrons. The van der Waals surface area contributed by atoms with Crippen molar-refractivity contribution in [2.75, 3.05) is 46.3 Å². The van der Waals surface area contributed by atoms with Crippen LogP contribution in [-0.4, -0.2) is 84.8 Å². The van der Waals surface area contributed by atoms with Crippen molar-refractivity contribution in [2.45, 2.75) is 50.6 Å². The highest BCUT2D eigenvalue weighted by atomic mass is 32.2. The summed E-state index contributed by atoms with van der Waals surface area (Å²) in [7, 11) is -1.40. The van der Waals surface area contributed by atoms with E-state index in [1.54, 1.807) is 4.31 Å². The fourth-order valence-corrected chi connectivity index (χ4v) is 5.98. The molecule has 3 heterocycles. The monoisotopic (exact) mass is 383 g/mol. The number of hydrogen-bond donors (Lipinski definition) is 1. The maximum Gasteiger partial charge on any atom is 0.262 e. The number of sulfonamides is 1. The Kier molecular flexibility index (Phi) is 5.50. The number of piperidine rings is 1. The largest absolute Gasteiger partial charge is 0.347 e. The van der Waals surface area contributed by atoms with Crippen LogP contribution in [0.1, 0.15) is 39.8 Å². The number of nitrogens with zero attached hydrogens (tertiary/aromatic N) is 4. The predicted molar refractivity (Wildman–Crippen MR) is 103 cm³/mol. The Morgan fingerprint density at radius 2 is 1.81 bits per heavy atom. The van der Waals surface area contributed by atoms with Crippen LogP contribution in [0.4, 0.5) is 0 Å². The van der Waals surface area contributed by atoms with E-state index in [0.29, 0.717) is 30.7 Å². The summed E-state index contributed by atoms with van der Waals surface area (Å²) in [4.78, 5) is 12.1. The van der Waals surface area contributed by atoms with E-state index in [4.69, 9.17) is 0 Å². The molecular weight excluding hydrogens is 350 g/mol. The van der Waals surface area contributed by atoms with Gasteiger partial charge in [-0.1, -0.05) is 27.7 Å². The van der Waals surface area contributed by atoms with Crippen molar-refractivity contribution in [3.05, 3.63) is 12.0 Å². The zero-order valence-corrected chi connectivity index (χ0v) is 17.5. The third-order valence-corrected chi connectivity index (χ3v) is 7.58. The maximum absolute atomic E-state index is 13.2. The smallest absolute Gasteiger partial charge is 0.262 e. The molecule has 0 spiro atoms. The van der Waals surface area contributed by atoms with E-state index in [-0.39, 0.29) is 10.4 Å². The van der Waals surface area contributed by atoms with E-state index in [1.165, 1.54) is 6.33 Å². The van der Waals surface area contributed by atoms with Gasteiger partial charge in [0, 0.05) is 50.7 Å². The number of imidazole rings is 1. The molecule has 0 radical (unpaired) electrons. The third-order valence-electron chi connectivity index (χ3n) is 5.77. The Morgan fingerprint density at radius 1 is 1.15 bits per heavy atom. The van der Waals surface area contributed by atoms with E-state index in [1.807, 2.05) is 20.8 Å². The molecule has 2 aliphatic heterocycles. The first-order valence-corrected chi connectivity index (χ1v) is 11.0. The van der Waals surface area contributed by atoms with Gasteiger partial charge in [0.1, 0.15) is 0 Å². The predicted octanol–water partition coefficient (Wildman–Crippen LogP) is 1.35. The molecule has 2 aliphatic rings. The minimum atomic E-state index is -3.56. The van der Waals surface area contributed by atoms with Crippen LogP contribution in [0.2, 0.25) is 0 Å². The molecule has 7 nitrogen and oxygen atoms in total. The van der Waals surface area contributed by atoms with Crippen molar-refractivity contribution >= 4 is 10.0 Å². The molecule has 0 saturated carbocycles. The summed E-state index contributed by atoms with van der Waals surface area (Å²) < 4.78 is 28.1. The first-order valence-electron chi connectivity index (χ1n) is 9.57. The highest BCUT2D eigenvalue weighted by Gasteiger charge is 2.39. The first-order chi connectivity index (χ1) is 12.1. The molecule has 1 N–H and O–H groups in total. The lowest BCUT2D eigenvalue weighted by atomic mass is 9.93. The molecule has 0 aromatic carbocycles. The summed E-state index contributed by atoms with van der Waals surface area (Å²) in [6.07, 6.45) is 2.38. The van der Waals surface area contributed by atoms with Crippen LogP contribution in [0.3, 0.4) is 0 Å². The van der Waals surface area contributed by atoms with Crippen molar-refractivity contribution in [3.63, 3.8) is 0 Å². The highest BCUT2D eigenvalue weighted by molar-refractivity contribution is 7.89. The van der Waals surface area contributed by atoms with Gasteiger partial charge >= 0.3 is 0 Å². The number of hydrogen-bond acceptors (Lipinski definition) is 5. The van der Waals surface area contributed by atoms with Crippen molar-refractivity contribution in [1.82, 2.24) is 24.1 Å². The quantitative estimate of drug-likeness (QED) is 0.853. The Morgan fingerprint density at radius 3 is 2.38 bits per heavy atom. The Balaban J connectivity index is 1.73. The highest BCUT2D eigenvalue weighted by Crippen LogP contribution is 2.31. The van der Waals surface area contributed by atoms with Crippen LogP contribution in [0, 0.1) is 5.92 Å². The van der Waals surface area contributed by atoms with Crippen LogP contribution in [0.15, 0.2) is 11.4 Å². The topological polar surface area (TPSA) is 72.5 Å². The number of rotatable bonds is 3. The Hall–Kier alpha value is -0.960. The van der Waals surface area contributed by atoms with Gasteiger partial charge in [0.25, 0.3) is 10.0 Å². The second kappa shape index (κ2) is 7.22. The molecule has 8 heteroatoms. The molecule has 2 fully saturated rings. The van der Waals surface area contributed by atoms with Gasteiger partial charge in [0.05, 0.1) is 12.0 Å². The maximum atomic E-state index is 13.2. The van der Waals surface area contributed by atoms with Crippen molar-refractivity contribution in [3.8, 4) is 0 Å². The zero-order valence-electron chi connectivity index (χ0n) is 16.7. The van der Waals surface area contributed by atoms with Crippen LogP contribution in [0.5, 0.6) is 0 Å². The average Bonchev–Trinajstić information content (AvgIpc) is 3.06. The summed E-state index contributed by atoms with van der Waals surface area (Å²) >= 11 is 0. The number of likely N-dealkylation sites (N-methyl/N-ethyl adjacent to an activating group) is 1. The number of H-pyrrole nitrogens is 1. The van der Waals surface area contributed by atoms with E-state index < -0.39 is 10.0 Å². The molecule has 0 aliphatic carbocycles. The second-order valence-electron chi connectivity index (χ2n) is 8.87. The normalized spacial score (nSPS) is 27.7. The fourth-order valence-electron chi connectivity index (χ4n) is 4.15. The van der Waals surface area contributed by atoms with Gasteiger partial charge in [-0.25, -0.2) is 13.4 Å². The lowest BCUT2D eigenvalue weighted by molar-refractivity contribution is 0.0537. The molecule has 2 unspecified atom stereocenters. The van der Waals surface area contributed by atoms with Crippen molar-refractivity contribution < 1.29 is 8.42 Å². The van der Waals surface area contributed by atoms with Crippen LogP contribution < -0.4 is 0 Å². The summed E-state index contributed by atoms with van der Waals surface area (Å²) in [5, 5.41) is 0.190. The Labute approximate surface area is 157 Å². The van der Waals surface area contributed by atoms with Gasteiger partial charge in [-0.2, -0.15) is 4.31 Å². The second-order valence-corrected chi connectivity index (χ2v) is 10.7. The minimum Gasteiger partial charge on any atom is -0.347 e. The van der Waals surface area contributed by atoms with Crippen LogP contribution in [0.25, 0.3) is 0 Å². The molecule has 0 amide bonds. The van der Waals surface area contributed by atoms with Gasteiger partial charge in [-0.15, -0.1) is 0 Å². The molecule has 26 heavy (non-hydrogen) atoms. The standard InChI is InChI=1S/C18H33N5O2S/c1-14-12-23(7-6-15(14)22-10-8-21(5)9-11-22)26(24,25)17-16(18(2,3)4)19-13-20-17/h13-15H,6-12H2,1-5H3,(H,19,20). The molecule has 3 rings (SSSR count). The minimum absolute atomic E-state index is 0.190. The van der Waals surface area contributed by atoms with Crippen LogP contribution >= 0.6 is 0 Å². The number of aromatic amines is 1. The molecule has 0 bridgehead atoms. The van der Waals surface area contributed by atoms with Crippen LogP contribution in [-0.2, 0) is 15.4 Å². The number of aromatic nitrogens is 2. The first kappa shape index (κ1) is 19.8. The lowest BCUT2D eigenvalue weighted by Crippen LogP contribution is -2.56. The van der Waals surface area contributed by atoms with Gasteiger partial charge < -0.3 is 9.88 Å². The fraction of sp³-hybridized carbons (Fsp3) is 0.833. The molecular formula is C18H33N5O2S. The summed E-state index contributed by atoms with van der Waals surface area (Å²) in [5.74, 6) is 0.318. The lowest BCUT2D eigenvalue weighted by Gasteiger charge is -2.44. The molecule has 2 saturated heterocycles. The van der Waals surface area contributed by atoms with Crippen molar-refractivity contribution in [1.29, 1.82) is 0 Å². The number of nitrogens with one attached hydrogen (secondary N) is 1. The summed E-state index contributed by atoms with van der Waals surface area (Å²) in [5.41, 5.74) is 0.397. The van der Waals surface area contributed by atoms with E-state index in [0.717, 1.165) is 32.6 Å². The van der Waals surface area contributed by atoms with Gasteiger partial charge in [-0.3, -0.25) is 4.90 Å². The van der Waals surface area contributed by atoms with Gasteiger partial charge in [0.2, 0.25) is 0 Å².